The molecule has 1 unspecified atom stereocenters. The quantitative estimate of drug-likeness (QED) is 0.837. The molecule has 1 aromatic rings. The molecule has 0 radical (unpaired) electrons. The third-order valence-electron chi connectivity index (χ3n) is 3.23. The number of methoxy groups -OCH3 is 1. The maximum Gasteiger partial charge on any atom is 0.411 e. The van der Waals surface area contributed by atoms with Gasteiger partial charge < -0.3 is 10.1 Å². The number of ether oxygens (including phenoxy) is 1. The molecule has 2 N–H and O–H groups in total. The lowest BCUT2D eigenvalue weighted by Crippen LogP contribution is -2.15. The van der Waals surface area contributed by atoms with Crippen LogP contribution in [0.2, 0.25) is 0 Å². The lowest BCUT2D eigenvalue weighted by molar-refractivity contribution is -0.116. The second-order valence-corrected chi connectivity index (χ2v) is 4.83. The van der Waals surface area contributed by atoms with Gasteiger partial charge in [0.25, 0.3) is 0 Å². The van der Waals surface area contributed by atoms with Gasteiger partial charge in [0.1, 0.15) is 5.82 Å². The van der Waals surface area contributed by atoms with Gasteiger partial charge in [-0.1, -0.05) is 12.2 Å². The topological polar surface area (TPSA) is 67.4 Å². The molecule has 0 bridgehead atoms. The van der Waals surface area contributed by atoms with Gasteiger partial charge in [0.15, 0.2) is 0 Å². The van der Waals surface area contributed by atoms with Crippen molar-refractivity contribution >= 4 is 23.4 Å². The van der Waals surface area contributed by atoms with Crippen molar-refractivity contribution in [2.24, 2.45) is 5.92 Å². The van der Waals surface area contributed by atoms with Gasteiger partial charge in [-0.05, 0) is 37.0 Å². The minimum atomic E-state index is -0.751. The molecule has 112 valence electrons. The first-order valence-electron chi connectivity index (χ1n) is 6.69. The number of hydrogen-bond acceptors (Lipinski definition) is 3. The second kappa shape index (κ2) is 6.88. The summed E-state index contributed by atoms with van der Waals surface area (Å²) in [7, 11) is 1.19. The standard InChI is InChI=1S/C15H17FN2O3/c1-21-15(20)18-13-7-6-11(9-12(13)16)17-14(19)8-10-4-2-3-5-10/h2,4,6-7,9-10H,3,5,8H2,1H3,(H,17,19)(H,18,20). The van der Waals surface area contributed by atoms with Crippen molar-refractivity contribution in [3.63, 3.8) is 0 Å². The molecule has 0 heterocycles. The summed E-state index contributed by atoms with van der Waals surface area (Å²) in [4.78, 5) is 22.8. The lowest BCUT2D eigenvalue weighted by Gasteiger charge is -2.10. The summed E-state index contributed by atoms with van der Waals surface area (Å²) in [6.45, 7) is 0. The average Bonchev–Trinajstić information content (AvgIpc) is 2.94. The first-order valence-corrected chi connectivity index (χ1v) is 6.69. The Morgan fingerprint density at radius 3 is 2.81 bits per heavy atom. The highest BCUT2D eigenvalue weighted by Gasteiger charge is 2.15. The van der Waals surface area contributed by atoms with Crippen LogP contribution >= 0.6 is 0 Å². The van der Waals surface area contributed by atoms with Gasteiger partial charge in [-0.15, -0.1) is 0 Å². The van der Waals surface area contributed by atoms with Crippen molar-refractivity contribution in [2.75, 3.05) is 17.7 Å². The molecule has 1 aromatic carbocycles. The molecule has 6 heteroatoms. The first-order chi connectivity index (χ1) is 10.1. The van der Waals surface area contributed by atoms with Crippen LogP contribution in [-0.2, 0) is 9.53 Å². The molecule has 2 amide bonds. The van der Waals surface area contributed by atoms with E-state index in [1.54, 1.807) is 0 Å². The van der Waals surface area contributed by atoms with E-state index >= 15 is 0 Å². The molecule has 0 saturated heterocycles. The summed E-state index contributed by atoms with van der Waals surface area (Å²) in [5.41, 5.74) is 0.355. The van der Waals surface area contributed by atoms with Crippen molar-refractivity contribution in [3.05, 3.63) is 36.2 Å². The minimum Gasteiger partial charge on any atom is -0.453 e. The Balaban J connectivity index is 1.94. The van der Waals surface area contributed by atoms with Crippen molar-refractivity contribution < 1.29 is 18.7 Å². The van der Waals surface area contributed by atoms with E-state index in [0.29, 0.717) is 12.1 Å². The van der Waals surface area contributed by atoms with Gasteiger partial charge >= 0.3 is 6.09 Å². The molecule has 0 saturated carbocycles. The molecule has 1 atom stereocenters. The second-order valence-electron chi connectivity index (χ2n) is 4.83. The van der Waals surface area contributed by atoms with Gasteiger partial charge in [-0.2, -0.15) is 0 Å². The van der Waals surface area contributed by atoms with Gasteiger partial charge in [0.2, 0.25) is 5.91 Å². The Morgan fingerprint density at radius 2 is 2.19 bits per heavy atom. The highest BCUT2D eigenvalue weighted by Crippen LogP contribution is 2.22. The Morgan fingerprint density at radius 1 is 1.38 bits per heavy atom. The summed E-state index contributed by atoms with van der Waals surface area (Å²) in [6.07, 6.45) is 5.71. The maximum atomic E-state index is 13.8. The number of allylic oxidation sites excluding steroid dienone is 2. The zero-order chi connectivity index (χ0) is 15.2. The first kappa shape index (κ1) is 15.0. The highest BCUT2D eigenvalue weighted by molar-refractivity contribution is 5.91. The number of carbonyl (C=O) groups is 2. The van der Waals surface area contributed by atoms with E-state index in [1.165, 1.54) is 19.2 Å². The van der Waals surface area contributed by atoms with Gasteiger partial charge in [-0.3, -0.25) is 10.1 Å². The van der Waals surface area contributed by atoms with Crippen LogP contribution in [0.3, 0.4) is 0 Å². The van der Waals surface area contributed by atoms with Gasteiger partial charge in [0.05, 0.1) is 12.8 Å². The Labute approximate surface area is 122 Å². The van der Waals surface area contributed by atoms with Gasteiger partial charge in [-0.25, -0.2) is 9.18 Å². The number of hydrogen-bond donors (Lipinski definition) is 2. The van der Waals surface area contributed by atoms with Crippen molar-refractivity contribution in [3.8, 4) is 0 Å². The summed E-state index contributed by atoms with van der Waals surface area (Å²) in [5.74, 6) is -0.534. The minimum absolute atomic E-state index is 0.00132. The van der Waals surface area contributed by atoms with Gasteiger partial charge in [0, 0.05) is 12.1 Å². The third-order valence-corrected chi connectivity index (χ3v) is 3.23. The van der Waals surface area contributed by atoms with Crippen LogP contribution in [0.4, 0.5) is 20.6 Å². The van der Waals surface area contributed by atoms with E-state index in [1.807, 2.05) is 6.08 Å². The molecular weight excluding hydrogens is 275 g/mol. The number of benzene rings is 1. The third kappa shape index (κ3) is 4.30. The van der Waals surface area contributed by atoms with Crippen molar-refractivity contribution in [1.29, 1.82) is 0 Å². The molecular formula is C15H17FN2O3. The Bertz CT molecular complexity index is 572. The molecule has 0 spiro atoms. The van der Waals surface area contributed by atoms with Crippen molar-refractivity contribution in [2.45, 2.75) is 19.3 Å². The summed E-state index contributed by atoms with van der Waals surface area (Å²) in [6, 6.07) is 4.06. The molecule has 0 aromatic heterocycles. The van der Waals surface area contributed by atoms with E-state index in [0.717, 1.165) is 18.9 Å². The van der Waals surface area contributed by atoms with E-state index < -0.39 is 11.9 Å². The van der Waals surface area contributed by atoms with E-state index in [4.69, 9.17) is 0 Å². The Kier molecular flexibility index (Phi) is 4.92. The fourth-order valence-electron chi connectivity index (χ4n) is 2.17. The van der Waals surface area contributed by atoms with E-state index in [9.17, 15) is 14.0 Å². The number of rotatable bonds is 4. The molecule has 2 rings (SSSR count). The number of anilines is 2. The van der Waals surface area contributed by atoms with Crippen LogP contribution in [0.5, 0.6) is 0 Å². The predicted molar refractivity (Wildman–Crippen MR) is 77.5 cm³/mol. The van der Waals surface area contributed by atoms with Crippen LogP contribution in [-0.4, -0.2) is 19.1 Å². The monoisotopic (exact) mass is 292 g/mol. The smallest absolute Gasteiger partial charge is 0.411 e. The SMILES string of the molecule is COC(=O)Nc1ccc(NC(=O)CC2C=CCC2)cc1F. The van der Waals surface area contributed by atoms with Crippen LogP contribution in [0.15, 0.2) is 30.4 Å². The predicted octanol–water partition coefficient (Wildman–Crippen LogP) is 3.30. The van der Waals surface area contributed by atoms with Crippen LogP contribution in [0.25, 0.3) is 0 Å². The fourth-order valence-corrected chi connectivity index (χ4v) is 2.17. The summed E-state index contributed by atoms with van der Waals surface area (Å²) in [5, 5.41) is 4.89. The Hall–Kier alpha value is -2.37. The molecule has 0 fully saturated rings. The zero-order valence-electron chi connectivity index (χ0n) is 11.7. The maximum absolute atomic E-state index is 13.8. The molecule has 5 nitrogen and oxygen atoms in total. The normalized spacial score (nSPS) is 16.6. The van der Waals surface area contributed by atoms with E-state index in [2.05, 4.69) is 21.4 Å². The highest BCUT2D eigenvalue weighted by atomic mass is 19.1. The van der Waals surface area contributed by atoms with Crippen molar-refractivity contribution in [1.82, 2.24) is 0 Å². The van der Waals surface area contributed by atoms with Crippen LogP contribution < -0.4 is 10.6 Å². The van der Waals surface area contributed by atoms with Crippen LogP contribution in [0, 0.1) is 11.7 Å². The summed E-state index contributed by atoms with van der Waals surface area (Å²) < 4.78 is 18.2. The number of nitrogens with one attached hydrogen (secondary N) is 2. The van der Waals surface area contributed by atoms with E-state index in [-0.39, 0.29) is 17.5 Å². The van der Waals surface area contributed by atoms with Crippen LogP contribution in [0.1, 0.15) is 19.3 Å². The summed E-state index contributed by atoms with van der Waals surface area (Å²) >= 11 is 0. The number of halogens is 1. The largest absolute Gasteiger partial charge is 0.453 e. The zero-order valence-corrected chi connectivity index (χ0v) is 11.7. The number of carbonyl (C=O) groups excluding carboxylic acids is 2. The lowest BCUT2D eigenvalue weighted by atomic mass is 10.1. The fraction of sp³-hybridized carbons (Fsp3) is 0.333. The molecule has 1 aliphatic rings. The number of amides is 2. The average molecular weight is 292 g/mol. The molecule has 1 aliphatic carbocycles. The molecule has 0 aliphatic heterocycles. The molecule has 21 heavy (non-hydrogen) atoms.